The van der Waals surface area contributed by atoms with Crippen molar-refractivity contribution in [2.75, 3.05) is 24.7 Å². The average Bonchev–Trinajstić information content (AvgIpc) is 3.72. The number of aryl methyl sites for hydroxylation is 1. The van der Waals surface area contributed by atoms with Crippen LogP contribution in [0.2, 0.25) is 5.02 Å². The van der Waals surface area contributed by atoms with Crippen LogP contribution < -0.4 is 34.6 Å². The zero-order valence-corrected chi connectivity index (χ0v) is 26.3. The first-order chi connectivity index (χ1) is 19.7. The number of epoxide rings is 1. The lowest BCUT2D eigenvalue weighted by Crippen LogP contribution is -3.00. The highest BCUT2D eigenvalue weighted by Crippen LogP contribution is 2.51. The maximum Gasteiger partial charge on any atom is 0.411 e. The molecule has 8 nitrogen and oxygen atoms in total. The summed E-state index contributed by atoms with van der Waals surface area (Å²) in [4.78, 5) is 36.7. The SMILES string of the molecule is C[N+]1(C)[C@@H]2CC(OC(=O)Nc3cc(CCC(=O)Nc4ccc(C=O)cc4Cl)ccc3-c3ccccc3)C[C@H]1[C@@H]1O[C@@H]12.[I-]. The van der Waals surface area contributed by atoms with Gasteiger partial charge in [0.25, 0.3) is 0 Å². The molecule has 2 bridgehead atoms. The number of fused-ring (bicyclic) bond motifs is 5. The summed E-state index contributed by atoms with van der Waals surface area (Å²) in [5, 5.41) is 6.09. The van der Waals surface area contributed by atoms with Gasteiger partial charge in [-0.1, -0.05) is 54.1 Å². The molecule has 6 rings (SSSR count). The molecule has 0 aliphatic carbocycles. The monoisotopic (exact) mass is 701 g/mol. The van der Waals surface area contributed by atoms with Crippen LogP contribution in [0.3, 0.4) is 0 Å². The van der Waals surface area contributed by atoms with Crippen LogP contribution in [0.25, 0.3) is 11.1 Å². The molecular formula is C32H33ClIN3O5. The first kappa shape index (κ1) is 30.5. The Morgan fingerprint density at radius 3 is 2.36 bits per heavy atom. The Hall–Kier alpha value is -2.99. The fourth-order valence-electron chi connectivity index (χ4n) is 6.49. The second-order valence-electron chi connectivity index (χ2n) is 11.6. The molecule has 10 heteroatoms. The van der Waals surface area contributed by atoms with Gasteiger partial charge in [0.15, 0.2) is 0 Å². The number of amides is 2. The summed E-state index contributed by atoms with van der Waals surface area (Å²) in [5.41, 5.74) is 4.25. The Kier molecular flexibility index (Phi) is 8.94. The maximum absolute atomic E-state index is 13.1. The normalized spacial score (nSPS) is 24.5. The molecule has 42 heavy (non-hydrogen) atoms. The van der Waals surface area contributed by atoms with Crippen molar-refractivity contribution in [1.82, 2.24) is 0 Å². The summed E-state index contributed by atoms with van der Waals surface area (Å²) < 4.78 is 12.7. The second kappa shape index (κ2) is 12.3. The molecule has 3 aliphatic heterocycles. The number of rotatable bonds is 8. The first-order valence-electron chi connectivity index (χ1n) is 13.9. The molecule has 2 N–H and O–H groups in total. The standard InChI is InChI=1S/C32H32ClN3O5.HI/c1-36(2)27-16-22(17-28(36)31-30(27)41-31)40-32(39)35-26-15-19(8-11-23(26)21-6-4-3-5-7-21)10-13-29(38)34-25-12-9-20(18-37)14-24(25)33;/h3-9,11-12,14-15,18,22,27-28,30-31H,10,13,16-17H2,1-2H3,(H-,34,35,37,38,39);1H/t22?,27-,28+,30-,31+;. The van der Waals surface area contributed by atoms with Crippen molar-refractivity contribution in [3.8, 4) is 11.1 Å². The van der Waals surface area contributed by atoms with Crippen molar-refractivity contribution in [3.63, 3.8) is 0 Å². The van der Waals surface area contributed by atoms with Crippen LogP contribution in [-0.2, 0) is 20.7 Å². The third kappa shape index (κ3) is 6.20. The molecule has 0 saturated carbocycles. The number of ether oxygens (including phenoxy) is 2. The van der Waals surface area contributed by atoms with Gasteiger partial charge in [-0.15, -0.1) is 0 Å². The average molecular weight is 702 g/mol. The van der Waals surface area contributed by atoms with E-state index in [4.69, 9.17) is 21.1 Å². The Morgan fingerprint density at radius 1 is 0.976 bits per heavy atom. The van der Waals surface area contributed by atoms with E-state index in [-0.39, 0.29) is 54.6 Å². The van der Waals surface area contributed by atoms with Gasteiger partial charge in [-0.05, 0) is 41.8 Å². The number of aldehydes is 1. The number of carbonyl (C=O) groups excluding carboxylic acids is 3. The van der Waals surface area contributed by atoms with Crippen LogP contribution in [0.15, 0.2) is 66.7 Å². The summed E-state index contributed by atoms with van der Waals surface area (Å²) >= 11 is 6.19. The Balaban J connectivity index is 0.00000353. The molecule has 3 saturated heterocycles. The van der Waals surface area contributed by atoms with Crippen LogP contribution >= 0.6 is 11.6 Å². The Morgan fingerprint density at radius 2 is 1.69 bits per heavy atom. The number of halogens is 2. The number of morpholine rings is 1. The minimum absolute atomic E-state index is 0. The molecule has 3 aliphatic rings. The highest BCUT2D eigenvalue weighted by molar-refractivity contribution is 6.34. The van der Waals surface area contributed by atoms with Gasteiger partial charge in [-0.3, -0.25) is 14.9 Å². The molecular weight excluding hydrogens is 669 g/mol. The van der Waals surface area contributed by atoms with E-state index >= 15 is 0 Å². The molecule has 3 aromatic rings. The number of nitrogens with zero attached hydrogens (tertiary/aromatic N) is 1. The summed E-state index contributed by atoms with van der Waals surface area (Å²) in [6, 6.07) is 21.1. The van der Waals surface area contributed by atoms with E-state index in [9.17, 15) is 14.4 Å². The van der Waals surface area contributed by atoms with E-state index in [0.29, 0.717) is 46.8 Å². The predicted octanol–water partition coefficient (Wildman–Crippen LogP) is 2.70. The van der Waals surface area contributed by atoms with E-state index < -0.39 is 6.09 Å². The Bertz CT molecular complexity index is 1480. The summed E-state index contributed by atoms with van der Waals surface area (Å²) in [7, 11) is 4.49. The van der Waals surface area contributed by atoms with Crippen molar-refractivity contribution in [2.24, 2.45) is 0 Å². The molecule has 0 aromatic heterocycles. The zero-order valence-electron chi connectivity index (χ0n) is 23.4. The van der Waals surface area contributed by atoms with Gasteiger partial charge >= 0.3 is 6.09 Å². The van der Waals surface area contributed by atoms with Gasteiger partial charge in [0.1, 0.15) is 36.7 Å². The van der Waals surface area contributed by atoms with Gasteiger partial charge in [0.05, 0.1) is 30.5 Å². The molecule has 3 heterocycles. The molecule has 2 amide bonds. The van der Waals surface area contributed by atoms with Gasteiger partial charge in [-0.25, -0.2) is 4.79 Å². The summed E-state index contributed by atoms with van der Waals surface area (Å²) in [6.45, 7) is 0. The summed E-state index contributed by atoms with van der Waals surface area (Å²) in [5.74, 6) is -0.206. The fourth-order valence-corrected chi connectivity index (χ4v) is 6.72. The highest BCUT2D eigenvalue weighted by Gasteiger charge is 2.70. The van der Waals surface area contributed by atoms with Crippen LogP contribution in [-0.4, -0.2) is 67.3 Å². The van der Waals surface area contributed by atoms with Crippen molar-refractivity contribution >= 4 is 41.3 Å². The van der Waals surface area contributed by atoms with Gasteiger partial charge < -0.3 is 43.3 Å². The minimum Gasteiger partial charge on any atom is -1.00 e. The van der Waals surface area contributed by atoms with Gasteiger partial charge in [0.2, 0.25) is 5.91 Å². The van der Waals surface area contributed by atoms with Gasteiger partial charge in [0, 0.05) is 30.4 Å². The van der Waals surface area contributed by atoms with Crippen LogP contribution in [0, 0.1) is 0 Å². The van der Waals surface area contributed by atoms with E-state index in [2.05, 4.69) is 24.7 Å². The number of hydrogen-bond donors (Lipinski definition) is 2. The Labute approximate surface area is 267 Å². The minimum atomic E-state index is -0.475. The largest absolute Gasteiger partial charge is 1.00 e. The number of carbonyl (C=O) groups is 3. The molecule has 0 spiro atoms. The second-order valence-corrected chi connectivity index (χ2v) is 12.0. The maximum atomic E-state index is 13.1. The van der Waals surface area contributed by atoms with Crippen molar-refractivity contribution in [2.45, 2.75) is 56.1 Å². The van der Waals surface area contributed by atoms with Crippen LogP contribution in [0.1, 0.15) is 35.2 Å². The molecule has 3 aromatic carbocycles. The van der Waals surface area contributed by atoms with Gasteiger partial charge in [-0.2, -0.15) is 0 Å². The third-order valence-electron chi connectivity index (χ3n) is 8.76. The van der Waals surface area contributed by atoms with Crippen LogP contribution in [0.5, 0.6) is 0 Å². The number of likely N-dealkylation sites (N-methyl/N-ethyl adjacent to an activating group) is 1. The van der Waals surface area contributed by atoms with Crippen molar-refractivity contribution < 1.29 is 52.3 Å². The number of piperidine rings is 1. The molecule has 1 unspecified atom stereocenters. The number of nitrogens with one attached hydrogen (secondary N) is 2. The zero-order chi connectivity index (χ0) is 28.7. The lowest BCUT2D eigenvalue weighted by atomic mass is 9.96. The number of quaternary nitrogens is 1. The molecule has 0 radical (unpaired) electrons. The molecule has 5 atom stereocenters. The molecule has 3 fully saturated rings. The fraction of sp³-hybridized carbons (Fsp3) is 0.344. The highest BCUT2D eigenvalue weighted by atomic mass is 127. The number of anilines is 2. The van der Waals surface area contributed by atoms with E-state index in [1.165, 1.54) is 6.07 Å². The summed E-state index contributed by atoms with van der Waals surface area (Å²) in [6.07, 6.45) is 2.91. The van der Waals surface area contributed by atoms with E-state index in [1.807, 2.05) is 48.5 Å². The third-order valence-corrected chi connectivity index (χ3v) is 9.07. The lowest BCUT2D eigenvalue weighted by Gasteiger charge is -2.45. The number of benzene rings is 3. The first-order valence-corrected chi connectivity index (χ1v) is 14.3. The topological polar surface area (TPSA) is 97.0 Å². The van der Waals surface area contributed by atoms with E-state index in [1.54, 1.807) is 12.1 Å². The lowest BCUT2D eigenvalue weighted by molar-refractivity contribution is -0.938. The molecule has 220 valence electrons. The van der Waals surface area contributed by atoms with E-state index in [0.717, 1.165) is 34.0 Å². The van der Waals surface area contributed by atoms with Crippen molar-refractivity contribution in [3.05, 3.63) is 82.9 Å². The predicted molar refractivity (Wildman–Crippen MR) is 157 cm³/mol. The van der Waals surface area contributed by atoms with Crippen LogP contribution in [0.4, 0.5) is 16.2 Å². The van der Waals surface area contributed by atoms with Crippen molar-refractivity contribution in [1.29, 1.82) is 0 Å². The quantitative estimate of drug-likeness (QED) is 0.163. The number of hydrogen-bond acceptors (Lipinski definition) is 5. The smallest absolute Gasteiger partial charge is 0.411 e.